The molecule has 1 fully saturated rings. The second-order valence-electron chi connectivity index (χ2n) is 7.83. The number of aryl methyl sites for hydroxylation is 2. The lowest BCUT2D eigenvalue weighted by Gasteiger charge is -2.33. The second kappa shape index (κ2) is 10.2. The molecular formula is C22H31N3O4S. The quantitative estimate of drug-likeness (QED) is 0.634. The number of carbonyl (C=O) groups is 1. The third-order valence-electron chi connectivity index (χ3n) is 5.63. The molecule has 1 atom stereocenters. The van der Waals surface area contributed by atoms with Gasteiger partial charge in [-0.15, -0.1) is 0 Å². The summed E-state index contributed by atoms with van der Waals surface area (Å²) in [5, 5.41) is 2.94. The first-order valence-electron chi connectivity index (χ1n) is 10.5. The number of piperidine rings is 1. The van der Waals surface area contributed by atoms with E-state index >= 15 is 0 Å². The van der Waals surface area contributed by atoms with Gasteiger partial charge in [-0.25, -0.2) is 13.1 Å². The van der Waals surface area contributed by atoms with Crippen LogP contribution in [-0.4, -0.2) is 45.4 Å². The first-order chi connectivity index (χ1) is 14.4. The molecule has 0 saturated carbocycles. The predicted molar refractivity (Wildman–Crippen MR) is 116 cm³/mol. The van der Waals surface area contributed by atoms with E-state index in [1.807, 2.05) is 26.0 Å². The molecule has 2 aromatic rings. The number of nitrogens with zero attached hydrogens (tertiary/aromatic N) is 1. The second-order valence-corrected chi connectivity index (χ2v) is 9.59. The highest BCUT2D eigenvalue weighted by Crippen LogP contribution is 2.24. The van der Waals surface area contributed by atoms with E-state index in [9.17, 15) is 13.2 Å². The van der Waals surface area contributed by atoms with Crippen LogP contribution in [0.5, 0.6) is 0 Å². The van der Waals surface area contributed by atoms with Crippen molar-refractivity contribution in [1.82, 2.24) is 14.9 Å². The van der Waals surface area contributed by atoms with Gasteiger partial charge in [0.1, 0.15) is 5.76 Å². The number of sulfonamides is 1. The largest absolute Gasteiger partial charge is 0.468 e. The summed E-state index contributed by atoms with van der Waals surface area (Å²) in [6.07, 6.45) is 5.25. The summed E-state index contributed by atoms with van der Waals surface area (Å²) >= 11 is 0. The Kier molecular flexibility index (Phi) is 7.69. The first-order valence-corrected chi connectivity index (χ1v) is 12.0. The van der Waals surface area contributed by atoms with Crippen molar-refractivity contribution in [2.45, 2.75) is 50.5 Å². The van der Waals surface area contributed by atoms with Crippen LogP contribution in [0, 0.1) is 13.8 Å². The molecule has 164 valence electrons. The topological polar surface area (TPSA) is 91.6 Å². The molecule has 1 aromatic heterocycles. The van der Waals surface area contributed by atoms with E-state index in [0.717, 1.165) is 42.8 Å². The SMILES string of the molecule is Cc1ccc(S(=O)(=O)NCCC(=O)NC[C@@H](c2ccco2)N2CCCCC2)cc1C. The highest BCUT2D eigenvalue weighted by Gasteiger charge is 2.25. The van der Waals surface area contributed by atoms with Crippen LogP contribution in [-0.2, 0) is 14.8 Å². The molecule has 1 saturated heterocycles. The van der Waals surface area contributed by atoms with Crippen molar-refractivity contribution >= 4 is 15.9 Å². The van der Waals surface area contributed by atoms with Gasteiger partial charge in [0.15, 0.2) is 0 Å². The van der Waals surface area contributed by atoms with Gasteiger partial charge in [0.25, 0.3) is 0 Å². The number of hydrogen-bond acceptors (Lipinski definition) is 5. The Morgan fingerprint density at radius 3 is 2.57 bits per heavy atom. The van der Waals surface area contributed by atoms with Crippen LogP contribution in [0.4, 0.5) is 0 Å². The maximum atomic E-state index is 12.4. The molecule has 1 amide bonds. The Balaban J connectivity index is 1.50. The molecule has 2 heterocycles. The van der Waals surface area contributed by atoms with E-state index in [1.165, 1.54) is 6.42 Å². The lowest BCUT2D eigenvalue weighted by atomic mass is 10.1. The molecule has 8 heteroatoms. The monoisotopic (exact) mass is 433 g/mol. The highest BCUT2D eigenvalue weighted by atomic mass is 32.2. The van der Waals surface area contributed by atoms with Gasteiger partial charge in [-0.3, -0.25) is 9.69 Å². The van der Waals surface area contributed by atoms with Crippen molar-refractivity contribution < 1.29 is 17.6 Å². The third kappa shape index (κ3) is 5.93. The minimum atomic E-state index is -3.63. The van der Waals surface area contributed by atoms with E-state index in [-0.39, 0.29) is 29.8 Å². The van der Waals surface area contributed by atoms with Crippen molar-refractivity contribution in [3.8, 4) is 0 Å². The van der Waals surface area contributed by atoms with E-state index in [4.69, 9.17) is 4.42 Å². The standard InChI is InChI=1S/C22H31N3O4S/c1-17-8-9-19(15-18(17)2)30(27,28)24-11-10-22(26)23-16-20(21-7-6-14-29-21)25-12-4-3-5-13-25/h6-9,14-15,20,24H,3-5,10-13,16H2,1-2H3,(H,23,26)/t20-/m0/s1. The number of carbonyl (C=O) groups excluding carboxylic acids is 1. The Hall–Kier alpha value is -2.16. The smallest absolute Gasteiger partial charge is 0.240 e. The van der Waals surface area contributed by atoms with Gasteiger partial charge in [0.2, 0.25) is 15.9 Å². The summed E-state index contributed by atoms with van der Waals surface area (Å²) < 4.78 is 33.0. The average molecular weight is 434 g/mol. The molecule has 2 N–H and O–H groups in total. The molecule has 0 radical (unpaired) electrons. The molecule has 1 aliphatic rings. The van der Waals surface area contributed by atoms with Crippen molar-refractivity contribution in [3.63, 3.8) is 0 Å². The molecular weight excluding hydrogens is 402 g/mol. The molecule has 3 rings (SSSR count). The lowest BCUT2D eigenvalue weighted by Crippen LogP contribution is -2.41. The Labute approximate surface area is 178 Å². The van der Waals surface area contributed by atoms with Crippen LogP contribution in [0.2, 0.25) is 0 Å². The molecule has 30 heavy (non-hydrogen) atoms. The summed E-state index contributed by atoms with van der Waals surface area (Å²) in [4.78, 5) is 14.9. The molecule has 0 bridgehead atoms. The Morgan fingerprint density at radius 1 is 1.13 bits per heavy atom. The molecule has 1 aromatic carbocycles. The number of likely N-dealkylation sites (tertiary alicyclic amines) is 1. The van der Waals surface area contributed by atoms with Crippen LogP contribution in [0.25, 0.3) is 0 Å². The Morgan fingerprint density at radius 2 is 1.90 bits per heavy atom. The van der Waals surface area contributed by atoms with Crippen LogP contribution in [0.1, 0.15) is 48.6 Å². The third-order valence-corrected chi connectivity index (χ3v) is 7.09. The van der Waals surface area contributed by atoms with Crippen LogP contribution < -0.4 is 10.0 Å². The molecule has 1 aliphatic heterocycles. The van der Waals surface area contributed by atoms with Crippen molar-refractivity contribution in [2.24, 2.45) is 0 Å². The zero-order valence-corrected chi connectivity index (χ0v) is 18.5. The number of benzene rings is 1. The van der Waals surface area contributed by atoms with Crippen LogP contribution >= 0.6 is 0 Å². The molecule has 0 spiro atoms. The number of furan rings is 1. The minimum absolute atomic E-state index is 0.00326. The van der Waals surface area contributed by atoms with E-state index in [2.05, 4.69) is 14.9 Å². The summed E-state index contributed by atoms with van der Waals surface area (Å²) in [6.45, 7) is 6.27. The van der Waals surface area contributed by atoms with E-state index in [1.54, 1.807) is 24.5 Å². The van der Waals surface area contributed by atoms with Gasteiger partial charge in [0.05, 0.1) is 17.2 Å². The summed E-state index contributed by atoms with van der Waals surface area (Å²) in [5.41, 5.74) is 1.95. The predicted octanol–water partition coefficient (Wildman–Crippen LogP) is 2.91. The summed E-state index contributed by atoms with van der Waals surface area (Å²) in [7, 11) is -3.63. The van der Waals surface area contributed by atoms with Crippen molar-refractivity contribution in [1.29, 1.82) is 0 Å². The zero-order valence-electron chi connectivity index (χ0n) is 17.7. The lowest BCUT2D eigenvalue weighted by molar-refractivity contribution is -0.121. The van der Waals surface area contributed by atoms with Gasteiger partial charge < -0.3 is 9.73 Å². The van der Waals surface area contributed by atoms with Crippen LogP contribution in [0.3, 0.4) is 0 Å². The van der Waals surface area contributed by atoms with Gasteiger partial charge in [-0.2, -0.15) is 0 Å². The van der Waals surface area contributed by atoms with Gasteiger partial charge >= 0.3 is 0 Å². The van der Waals surface area contributed by atoms with Gasteiger partial charge in [-0.1, -0.05) is 12.5 Å². The first kappa shape index (κ1) is 22.5. The summed E-state index contributed by atoms with van der Waals surface area (Å²) in [6, 6.07) is 8.79. The fraction of sp³-hybridized carbons (Fsp3) is 0.500. The minimum Gasteiger partial charge on any atom is -0.468 e. The number of nitrogens with one attached hydrogen (secondary N) is 2. The van der Waals surface area contributed by atoms with E-state index in [0.29, 0.717) is 6.54 Å². The maximum absolute atomic E-state index is 12.4. The maximum Gasteiger partial charge on any atom is 0.240 e. The Bertz CT molecular complexity index is 935. The number of hydrogen-bond donors (Lipinski definition) is 2. The normalized spacial score (nSPS) is 16.3. The van der Waals surface area contributed by atoms with Crippen molar-refractivity contribution in [3.05, 3.63) is 53.5 Å². The molecule has 0 aliphatic carbocycles. The number of amides is 1. The summed E-state index contributed by atoms with van der Waals surface area (Å²) in [5.74, 6) is 0.652. The van der Waals surface area contributed by atoms with Gasteiger partial charge in [0, 0.05) is 19.5 Å². The van der Waals surface area contributed by atoms with Crippen LogP contribution in [0.15, 0.2) is 45.9 Å². The molecule has 7 nitrogen and oxygen atoms in total. The highest BCUT2D eigenvalue weighted by molar-refractivity contribution is 7.89. The average Bonchev–Trinajstić information content (AvgIpc) is 3.25. The number of rotatable bonds is 9. The van der Waals surface area contributed by atoms with Crippen molar-refractivity contribution in [2.75, 3.05) is 26.2 Å². The zero-order chi connectivity index (χ0) is 21.6. The fourth-order valence-corrected chi connectivity index (χ4v) is 4.80. The molecule has 0 unspecified atom stereocenters. The van der Waals surface area contributed by atoms with E-state index < -0.39 is 10.0 Å². The van der Waals surface area contributed by atoms with Gasteiger partial charge in [-0.05, 0) is 75.2 Å². The fourth-order valence-electron chi connectivity index (χ4n) is 3.68.